The maximum atomic E-state index is 11.1. The van der Waals surface area contributed by atoms with Crippen LogP contribution in [0.15, 0.2) is 60.7 Å². The summed E-state index contributed by atoms with van der Waals surface area (Å²) in [6.07, 6.45) is 0. The smallest absolute Gasteiger partial charge is 0.324 e. The molecule has 0 bridgehead atoms. The lowest BCUT2D eigenvalue weighted by atomic mass is 10.1. The molecule has 0 aliphatic heterocycles. The molecule has 0 spiro atoms. The van der Waals surface area contributed by atoms with Crippen molar-refractivity contribution in [3.63, 3.8) is 0 Å². The summed E-state index contributed by atoms with van der Waals surface area (Å²) in [5, 5.41) is 30.0. The lowest BCUT2D eigenvalue weighted by Gasteiger charge is -2.09. The number of thiophene rings is 1. The first-order chi connectivity index (χ1) is 14.6. The van der Waals surface area contributed by atoms with Crippen LogP contribution in [0.3, 0.4) is 0 Å². The molecule has 0 amide bonds. The molecule has 9 heteroatoms. The Labute approximate surface area is 175 Å². The number of nitrogens with zero attached hydrogens (tertiary/aromatic N) is 4. The minimum atomic E-state index is -0.421. The van der Waals surface area contributed by atoms with Crippen molar-refractivity contribution in [3.8, 4) is 33.2 Å². The van der Waals surface area contributed by atoms with Crippen LogP contribution in [0.25, 0.3) is 33.2 Å². The predicted octanol–water partition coefficient (Wildman–Crippen LogP) is 3.83. The number of hydrogen-bond acceptors (Lipinski definition) is 8. The van der Waals surface area contributed by atoms with E-state index in [0.29, 0.717) is 39.0 Å². The van der Waals surface area contributed by atoms with Gasteiger partial charge in [-0.3, -0.25) is 10.1 Å². The second kappa shape index (κ2) is 8.46. The molecular formula is C21H16N4O4S. The lowest BCUT2D eigenvalue weighted by Crippen LogP contribution is -1.97. The Kier molecular flexibility index (Phi) is 5.57. The van der Waals surface area contributed by atoms with Crippen molar-refractivity contribution in [2.45, 2.75) is 13.2 Å². The molecule has 0 atom stereocenters. The van der Waals surface area contributed by atoms with Gasteiger partial charge in [0.2, 0.25) is 0 Å². The molecule has 4 aromatic heterocycles. The summed E-state index contributed by atoms with van der Waals surface area (Å²) < 4.78 is 0. The maximum absolute atomic E-state index is 11.1. The van der Waals surface area contributed by atoms with Gasteiger partial charge >= 0.3 is 5.00 Å². The van der Waals surface area contributed by atoms with E-state index in [4.69, 9.17) is 0 Å². The van der Waals surface area contributed by atoms with E-state index in [0.717, 1.165) is 16.9 Å². The molecule has 4 rings (SSSR count). The summed E-state index contributed by atoms with van der Waals surface area (Å²) >= 11 is 1.07. The summed E-state index contributed by atoms with van der Waals surface area (Å²) in [4.78, 5) is 24.9. The number of aliphatic hydroxyl groups excluding tert-OH is 2. The first kappa shape index (κ1) is 19.8. The summed E-state index contributed by atoms with van der Waals surface area (Å²) in [7, 11) is 0. The Morgan fingerprint density at radius 3 is 1.83 bits per heavy atom. The van der Waals surface area contributed by atoms with Crippen molar-refractivity contribution in [3.05, 3.63) is 82.2 Å². The van der Waals surface area contributed by atoms with E-state index in [9.17, 15) is 20.3 Å². The summed E-state index contributed by atoms with van der Waals surface area (Å²) in [6, 6.07) is 17.3. The molecule has 4 heterocycles. The Balaban J connectivity index is 1.89. The molecule has 8 nitrogen and oxygen atoms in total. The first-order valence-corrected chi connectivity index (χ1v) is 9.80. The molecule has 0 aliphatic carbocycles. The minimum Gasteiger partial charge on any atom is -0.390 e. The quantitative estimate of drug-likeness (QED) is 0.359. The molecular weight excluding hydrogens is 404 g/mol. The average molecular weight is 420 g/mol. The van der Waals surface area contributed by atoms with Gasteiger partial charge in [0.25, 0.3) is 0 Å². The highest BCUT2D eigenvalue weighted by molar-refractivity contribution is 7.18. The van der Waals surface area contributed by atoms with E-state index in [1.54, 1.807) is 54.6 Å². The lowest BCUT2D eigenvalue weighted by molar-refractivity contribution is -0.380. The van der Waals surface area contributed by atoms with Crippen LogP contribution < -0.4 is 0 Å². The summed E-state index contributed by atoms with van der Waals surface area (Å²) in [5.41, 5.74) is 3.97. The highest BCUT2D eigenvalue weighted by Gasteiger charge is 2.15. The molecule has 4 aromatic rings. The van der Waals surface area contributed by atoms with Crippen LogP contribution in [0, 0.1) is 10.1 Å². The topological polar surface area (TPSA) is 122 Å². The maximum Gasteiger partial charge on any atom is 0.324 e. The van der Waals surface area contributed by atoms with Crippen LogP contribution in [0.5, 0.6) is 0 Å². The van der Waals surface area contributed by atoms with Crippen LogP contribution in [-0.2, 0) is 13.2 Å². The van der Waals surface area contributed by atoms with E-state index < -0.39 is 4.92 Å². The number of rotatable bonds is 6. The zero-order valence-corrected chi connectivity index (χ0v) is 16.4. The van der Waals surface area contributed by atoms with Crippen molar-refractivity contribution in [2.24, 2.45) is 0 Å². The normalized spacial score (nSPS) is 10.9. The second-order valence-corrected chi connectivity index (χ2v) is 7.43. The average Bonchev–Trinajstić information content (AvgIpc) is 3.30. The molecule has 2 N–H and O–H groups in total. The van der Waals surface area contributed by atoms with Crippen molar-refractivity contribution < 1.29 is 15.1 Å². The molecule has 0 unspecified atom stereocenters. The molecule has 150 valence electrons. The second-order valence-electron chi connectivity index (χ2n) is 6.37. The van der Waals surface area contributed by atoms with Gasteiger partial charge in [-0.05, 0) is 48.0 Å². The number of nitro groups is 1. The van der Waals surface area contributed by atoms with Gasteiger partial charge in [-0.15, -0.1) is 0 Å². The van der Waals surface area contributed by atoms with E-state index in [1.165, 1.54) is 6.07 Å². The van der Waals surface area contributed by atoms with Gasteiger partial charge in [-0.1, -0.05) is 23.5 Å². The molecule has 0 aromatic carbocycles. The SMILES string of the molecule is O=[N+]([O-])c1ccc(-c2cc(-c3cccc(CO)n3)nc(-c3cccc(CO)n3)c2)s1. The van der Waals surface area contributed by atoms with Gasteiger partial charge in [0, 0.05) is 10.9 Å². The van der Waals surface area contributed by atoms with E-state index in [2.05, 4.69) is 15.0 Å². The van der Waals surface area contributed by atoms with Gasteiger partial charge in [0.1, 0.15) is 0 Å². The third-order valence-corrected chi connectivity index (χ3v) is 5.43. The fourth-order valence-corrected chi connectivity index (χ4v) is 3.74. The van der Waals surface area contributed by atoms with Crippen LogP contribution in [0.1, 0.15) is 11.4 Å². The van der Waals surface area contributed by atoms with Gasteiger partial charge in [-0.2, -0.15) is 0 Å². The summed E-state index contributed by atoms with van der Waals surface area (Å²) in [6.45, 7) is -0.394. The van der Waals surface area contributed by atoms with Crippen molar-refractivity contribution in [1.82, 2.24) is 15.0 Å². The molecule has 0 saturated carbocycles. The standard InChI is InChI=1S/C21H16N4O4S/c26-11-14-3-1-5-16(22-14)18-9-13(20-7-8-21(30-20)25(28)29)10-19(24-18)17-6-2-4-15(12-27)23-17/h1-10,26-27H,11-12H2. The Morgan fingerprint density at radius 2 is 1.37 bits per heavy atom. The highest BCUT2D eigenvalue weighted by atomic mass is 32.1. The predicted molar refractivity (Wildman–Crippen MR) is 113 cm³/mol. The first-order valence-electron chi connectivity index (χ1n) is 8.98. The van der Waals surface area contributed by atoms with Crippen molar-refractivity contribution in [2.75, 3.05) is 0 Å². The molecule has 30 heavy (non-hydrogen) atoms. The van der Waals surface area contributed by atoms with E-state index >= 15 is 0 Å². The Bertz CT molecular complexity index is 1160. The van der Waals surface area contributed by atoms with Crippen LogP contribution in [0.4, 0.5) is 5.00 Å². The van der Waals surface area contributed by atoms with Crippen molar-refractivity contribution >= 4 is 16.3 Å². The number of pyridine rings is 3. The van der Waals surface area contributed by atoms with Gasteiger partial charge in [0.15, 0.2) is 0 Å². The molecule has 0 fully saturated rings. The monoisotopic (exact) mass is 420 g/mol. The highest BCUT2D eigenvalue weighted by Crippen LogP contribution is 2.35. The van der Waals surface area contributed by atoms with Gasteiger partial charge in [0.05, 0.1) is 52.3 Å². The van der Waals surface area contributed by atoms with Crippen LogP contribution >= 0.6 is 11.3 Å². The Morgan fingerprint density at radius 1 is 0.800 bits per heavy atom. The molecule has 0 saturated heterocycles. The zero-order valence-electron chi connectivity index (χ0n) is 15.6. The zero-order chi connectivity index (χ0) is 21.1. The number of aliphatic hydroxyl groups is 2. The van der Waals surface area contributed by atoms with Crippen LogP contribution in [0.2, 0.25) is 0 Å². The Hall–Kier alpha value is -3.53. The fourth-order valence-electron chi connectivity index (χ4n) is 2.94. The van der Waals surface area contributed by atoms with E-state index in [1.807, 2.05) is 0 Å². The summed E-state index contributed by atoms with van der Waals surface area (Å²) in [5.74, 6) is 0. The van der Waals surface area contributed by atoms with E-state index in [-0.39, 0.29) is 18.2 Å². The van der Waals surface area contributed by atoms with Gasteiger partial charge in [-0.25, -0.2) is 15.0 Å². The van der Waals surface area contributed by atoms with Crippen LogP contribution in [-0.4, -0.2) is 30.1 Å². The van der Waals surface area contributed by atoms with Crippen molar-refractivity contribution in [1.29, 1.82) is 0 Å². The minimum absolute atomic E-state index is 0.0470. The third-order valence-electron chi connectivity index (χ3n) is 4.34. The number of hydrogen-bond donors (Lipinski definition) is 2. The third kappa shape index (κ3) is 4.08. The number of aromatic nitrogens is 3. The largest absolute Gasteiger partial charge is 0.390 e. The fraction of sp³-hybridized carbons (Fsp3) is 0.0952. The molecule has 0 radical (unpaired) electrons. The molecule has 0 aliphatic rings. The van der Waals surface area contributed by atoms with Gasteiger partial charge < -0.3 is 10.2 Å².